The number of hydrogen-bond acceptors (Lipinski definition) is 3. The van der Waals surface area contributed by atoms with Crippen LogP contribution in [0.5, 0.6) is 0 Å². The number of hydrogen-bond donors (Lipinski definition) is 2. The summed E-state index contributed by atoms with van der Waals surface area (Å²) in [6, 6.07) is 4.60. The van der Waals surface area contributed by atoms with Gasteiger partial charge >= 0.3 is 0 Å². The van der Waals surface area contributed by atoms with Crippen LogP contribution in [0.3, 0.4) is 0 Å². The lowest BCUT2D eigenvalue weighted by Gasteiger charge is -2.15. The molecule has 0 saturated carbocycles. The zero-order valence-corrected chi connectivity index (χ0v) is 11.4. The van der Waals surface area contributed by atoms with Gasteiger partial charge in [-0.3, -0.25) is 5.10 Å². The highest BCUT2D eigenvalue weighted by molar-refractivity contribution is 6.31. The second-order valence-electron chi connectivity index (χ2n) is 4.41. The number of likely N-dealkylation sites (N-methyl/N-ethyl adjacent to an activating group) is 1. The van der Waals surface area contributed by atoms with Gasteiger partial charge in [0.05, 0.1) is 10.7 Å². The Balaban J connectivity index is 2.25. The van der Waals surface area contributed by atoms with Crippen LogP contribution in [0.2, 0.25) is 5.02 Å². The van der Waals surface area contributed by atoms with Gasteiger partial charge in [-0.15, -0.1) is 0 Å². The molecule has 0 radical (unpaired) electrons. The normalized spacial score (nSPS) is 11.2. The first kappa shape index (κ1) is 14.0. The molecule has 2 aromatic rings. The maximum Gasteiger partial charge on any atom is 0.141 e. The van der Waals surface area contributed by atoms with Crippen molar-refractivity contribution in [3.63, 3.8) is 0 Å². The zero-order chi connectivity index (χ0) is 13.8. The summed E-state index contributed by atoms with van der Waals surface area (Å²) in [5, 5.41) is 7.14. The van der Waals surface area contributed by atoms with E-state index < -0.39 is 5.82 Å². The number of benzene rings is 1. The number of halogens is 2. The van der Waals surface area contributed by atoms with E-state index in [1.54, 1.807) is 12.1 Å². The Morgan fingerprint density at radius 2 is 2.26 bits per heavy atom. The zero-order valence-electron chi connectivity index (χ0n) is 10.7. The van der Waals surface area contributed by atoms with E-state index in [-0.39, 0.29) is 5.02 Å². The summed E-state index contributed by atoms with van der Waals surface area (Å²) in [5.74, 6) is -0.428. The van der Waals surface area contributed by atoms with Crippen molar-refractivity contribution < 1.29 is 4.39 Å². The van der Waals surface area contributed by atoms with E-state index in [9.17, 15) is 4.39 Å². The van der Waals surface area contributed by atoms with Crippen molar-refractivity contribution in [2.75, 3.05) is 20.1 Å². The molecule has 0 amide bonds. The van der Waals surface area contributed by atoms with Gasteiger partial charge in [0.1, 0.15) is 5.82 Å². The second kappa shape index (κ2) is 6.14. The molecule has 0 aliphatic heterocycles. The Kier molecular flexibility index (Phi) is 4.52. The molecule has 19 heavy (non-hydrogen) atoms. The smallest absolute Gasteiger partial charge is 0.141 e. The minimum Gasteiger partial charge on any atom is -0.329 e. The van der Waals surface area contributed by atoms with Crippen LogP contribution >= 0.6 is 11.6 Å². The summed E-state index contributed by atoms with van der Waals surface area (Å²) < 4.78 is 13.2. The van der Waals surface area contributed by atoms with Gasteiger partial charge < -0.3 is 10.6 Å². The molecular formula is C13H16ClFN4. The van der Waals surface area contributed by atoms with E-state index in [1.807, 2.05) is 13.2 Å². The molecular weight excluding hydrogens is 267 g/mol. The third-order valence-corrected chi connectivity index (χ3v) is 3.15. The fourth-order valence-corrected chi connectivity index (χ4v) is 2.10. The molecule has 0 fully saturated rings. The third-order valence-electron chi connectivity index (χ3n) is 2.86. The first-order valence-electron chi connectivity index (χ1n) is 5.98. The minimum atomic E-state index is -0.428. The summed E-state index contributed by atoms with van der Waals surface area (Å²) >= 11 is 5.80. The van der Waals surface area contributed by atoms with Gasteiger partial charge in [0, 0.05) is 37.0 Å². The van der Waals surface area contributed by atoms with Gasteiger partial charge in [0.2, 0.25) is 0 Å². The van der Waals surface area contributed by atoms with Crippen LogP contribution in [0, 0.1) is 5.82 Å². The van der Waals surface area contributed by atoms with E-state index in [0.717, 1.165) is 29.9 Å². The summed E-state index contributed by atoms with van der Waals surface area (Å²) in [7, 11) is 1.99. The summed E-state index contributed by atoms with van der Waals surface area (Å²) in [4.78, 5) is 2.10. The van der Waals surface area contributed by atoms with Crippen LogP contribution in [0.4, 0.5) is 4.39 Å². The average molecular weight is 283 g/mol. The van der Waals surface area contributed by atoms with Crippen molar-refractivity contribution in [2.24, 2.45) is 5.73 Å². The first-order valence-corrected chi connectivity index (χ1v) is 6.36. The molecule has 4 nitrogen and oxygen atoms in total. The molecule has 3 N–H and O–H groups in total. The van der Waals surface area contributed by atoms with E-state index >= 15 is 0 Å². The SMILES string of the molecule is CN(CCN)Cc1c[nH]nc1-c1ccc(F)c(Cl)c1. The lowest BCUT2D eigenvalue weighted by Crippen LogP contribution is -2.25. The Labute approximate surface area is 116 Å². The Bertz CT molecular complexity index is 555. The molecule has 0 aliphatic rings. The highest BCUT2D eigenvalue weighted by Crippen LogP contribution is 2.26. The van der Waals surface area contributed by atoms with E-state index in [1.165, 1.54) is 6.07 Å². The van der Waals surface area contributed by atoms with Crippen molar-refractivity contribution in [1.82, 2.24) is 15.1 Å². The number of aromatic amines is 1. The van der Waals surface area contributed by atoms with Crippen LogP contribution in [-0.2, 0) is 6.54 Å². The highest BCUT2D eigenvalue weighted by atomic mass is 35.5. The fraction of sp³-hybridized carbons (Fsp3) is 0.308. The fourth-order valence-electron chi connectivity index (χ4n) is 1.92. The summed E-state index contributed by atoms with van der Waals surface area (Å²) in [5.41, 5.74) is 8.12. The molecule has 1 aromatic heterocycles. The predicted octanol–water partition coefficient (Wildman–Crippen LogP) is 2.26. The molecule has 0 atom stereocenters. The molecule has 0 saturated heterocycles. The standard InChI is InChI=1S/C13H16ClFN4/c1-19(5-4-16)8-10-7-17-18-13(10)9-2-3-12(15)11(14)6-9/h2-3,6-7H,4-5,8,16H2,1H3,(H,17,18). The quantitative estimate of drug-likeness (QED) is 0.884. The maximum atomic E-state index is 13.2. The number of nitrogens with zero attached hydrogens (tertiary/aromatic N) is 2. The summed E-state index contributed by atoms with van der Waals surface area (Å²) in [6.45, 7) is 2.12. The van der Waals surface area contributed by atoms with Gasteiger partial charge in [0.15, 0.2) is 0 Å². The Hall–Kier alpha value is -1.43. The molecule has 1 heterocycles. The molecule has 0 aliphatic carbocycles. The lowest BCUT2D eigenvalue weighted by molar-refractivity contribution is 0.337. The van der Waals surface area contributed by atoms with Gasteiger partial charge in [0.25, 0.3) is 0 Å². The molecule has 2 rings (SSSR count). The van der Waals surface area contributed by atoms with Gasteiger partial charge in [-0.2, -0.15) is 5.10 Å². The number of rotatable bonds is 5. The Morgan fingerprint density at radius 1 is 1.47 bits per heavy atom. The van der Waals surface area contributed by atoms with Crippen molar-refractivity contribution in [1.29, 1.82) is 0 Å². The third kappa shape index (κ3) is 3.32. The van der Waals surface area contributed by atoms with Crippen LogP contribution in [0.25, 0.3) is 11.3 Å². The molecule has 1 aromatic carbocycles. The van der Waals surface area contributed by atoms with Crippen LogP contribution in [0.15, 0.2) is 24.4 Å². The average Bonchev–Trinajstić information content (AvgIpc) is 2.81. The number of aromatic nitrogens is 2. The number of nitrogens with one attached hydrogen (secondary N) is 1. The second-order valence-corrected chi connectivity index (χ2v) is 4.82. The minimum absolute atomic E-state index is 0.0989. The highest BCUT2D eigenvalue weighted by Gasteiger charge is 2.12. The number of H-pyrrole nitrogens is 1. The predicted molar refractivity (Wildman–Crippen MR) is 74.4 cm³/mol. The van der Waals surface area contributed by atoms with Crippen molar-refractivity contribution in [3.8, 4) is 11.3 Å². The van der Waals surface area contributed by atoms with Crippen molar-refractivity contribution in [3.05, 3.63) is 40.8 Å². The van der Waals surface area contributed by atoms with Gasteiger partial charge in [-0.05, 0) is 25.2 Å². The molecule has 6 heteroatoms. The van der Waals surface area contributed by atoms with Crippen molar-refractivity contribution >= 4 is 11.6 Å². The summed E-state index contributed by atoms with van der Waals surface area (Å²) in [6.07, 6.45) is 1.83. The van der Waals surface area contributed by atoms with Gasteiger partial charge in [-0.25, -0.2) is 4.39 Å². The largest absolute Gasteiger partial charge is 0.329 e. The van der Waals surface area contributed by atoms with Gasteiger partial charge in [-0.1, -0.05) is 11.6 Å². The number of nitrogens with two attached hydrogens (primary N) is 1. The molecule has 0 unspecified atom stereocenters. The van der Waals surface area contributed by atoms with Crippen LogP contribution in [0.1, 0.15) is 5.56 Å². The van der Waals surface area contributed by atoms with E-state index in [4.69, 9.17) is 17.3 Å². The monoisotopic (exact) mass is 282 g/mol. The lowest BCUT2D eigenvalue weighted by atomic mass is 10.1. The molecule has 0 spiro atoms. The van der Waals surface area contributed by atoms with Crippen molar-refractivity contribution in [2.45, 2.75) is 6.54 Å². The Morgan fingerprint density at radius 3 is 2.95 bits per heavy atom. The van der Waals surface area contributed by atoms with Crippen LogP contribution in [-0.4, -0.2) is 35.2 Å². The maximum absolute atomic E-state index is 13.2. The van der Waals surface area contributed by atoms with Crippen LogP contribution < -0.4 is 5.73 Å². The first-order chi connectivity index (χ1) is 9.11. The molecule has 102 valence electrons. The molecule has 0 bridgehead atoms. The van der Waals surface area contributed by atoms with E-state index in [2.05, 4.69) is 15.1 Å². The van der Waals surface area contributed by atoms with E-state index in [0.29, 0.717) is 6.54 Å². The topological polar surface area (TPSA) is 57.9 Å².